The smallest absolute Gasteiger partial charge is 0.123 e. The minimum absolute atomic E-state index is 0.175. The lowest BCUT2D eigenvalue weighted by atomic mass is 10.2. The summed E-state index contributed by atoms with van der Waals surface area (Å²) in [5.41, 5.74) is 1.12. The predicted molar refractivity (Wildman–Crippen MR) is 61.3 cm³/mol. The summed E-state index contributed by atoms with van der Waals surface area (Å²) in [4.78, 5) is 0. The van der Waals surface area contributed by atoms with Gasteiger partial charge in [-0.3, -0.25) is 0 Å². The summed E-state index contributed by atoms with van der Waals surface area (Å²) in [5, 5.41) is 6.58. The minimum Gasteiger partial charge on any atom is -0.317 e. The Morgan fingerprint density at radius 1 is 1.07 bits per heavy atom. The normalized spacial score (nSPS) is 10.5. The monoisotopic (exact) mass is 210 g/mol. The molecule has 0 bridgehead atoms. The fourth-order valence-corrected chi connectivity index (χ4v) is 1.35. The molecule has 1 aromatic carbocycles. The highest BCUT2D eigenvalue weighted by molar-refractivity contribution is 5.15. The van der Waals surface area contributed by atoms with E-state index in [9.17, 15) is 4.39 Å². The molecule has 15 heavy (non-hydrogen) atoms. The van der Waals surface area contributed by atoms with Gasteiger partial charge in [-0.25, -0.2) is 4.39 Å². The van der Waals surface area contributed by atoms with E-state index in [0.29, 0.717) is 0 Å². The average Bonchev–Trinajstić information content (AvgIpc) is 2.26. The maximum Gasteiger partial charge on any atom is 0.123 e. The Labute approximate surface area is 90.9 Å². The van der Waals surface area contributed by atoms with Crippen LogP contribution in [0.4, 0.5) is 4.39 Å². The first kappa shape index (κ1) is 12.1. The van der Waals surface area contributed by atoms with Crippen molar-refractivity contribution in [1.82, 2.24) is 10.6 Å². The third kappa shape index (κ3) is 5.50. The number of halogens is 1. The zero-order chi connectivity index (χ0) is 10.9. The van der Waals surface area contributed by atoms with Gasteiger partial charge in [0.2, 0.25) is 0 Å². The Bertz CT molecular complexity index is 259. The van der Waals surface area contributed by atoms with Crippen molar-refractivity contribution in [2.24, 2.45) is 0 Å². The first-order valence-corrected chi connectivity index (χ1v) is 5.49. The summed E-state index contributed by atoms with van der Waals surface area (Å²) in [6.45, 7) is 5.98. The van der Waals surface area contributed by atoms with E-state index < -0.39 is 0 Å². The molecular weight excluding hydrogens is 191 g/mol. The van der Waals surface area contributed by atoms with Crippen LogP contribution >= 0.6 is 0 Å². The van der Waals surface area contributed by atoms with E-state index in [1.54, 1.807) is 0 Å². The molecule has 0 unspecified atom stereocenters. The van der Waals surface area contributed by atoms with Crippen molar-refractivity contribution in [1.29, 1.82) is 0 Å². The maximum atomic E-state index is 12.6. The van der Waals surface area contributed by atoms with Crippen molar-refractivity contribution >= 4 is 0 Å². The van der Waals surface area contributed by atoms with Gasteiger partial charge >= 0.3 is 0 Å². The molecule has 0 heterocycles. The fourth-order valence-electron chi connectivity index (χ4n) is 1.35. The lowest BCUT2D eigenvalue weighted by molar-refractivity contribution is 0.603. The van der Waals surface area contributed by atoms with Gasteiger partial charge in [0.1, 0.15) is 5.82 Å². The number of rotatable bonds is 7. The highest BCUT2D eigenvalue weighted by Crippen LogP contribution is 2.01. The molecule has 2 nitrogen and oxygen atoms in total. The molecule has 0 aliphatic rings. The van der Waals surface area contributed by atoms with Gasteiger partial charge in [0.15, 0.2) is 0 Å². The summed E-state index contributed by atoms with van der Waals surface area (Å²) < 4.78 is 12.6. The zero-order valence-corrected chi connectivity index (χ0v) is 9.22. The van der Waals surface area contributed by atoms with Crippen LogP contribution in [-0.4, -0.2) is 19.6 Å². The van der Waals surface area contributed by atoms with E-state index in [2.05, 4.69) is 17.6 Å². The molecule has 0 saturated heterocycles. The van der Waals surface area contributed by atoms with Crippen LogP contribution < -0.4 is 10.6 Å². The van der Waals surface area contributed by atoms with Gasteiger partial charge in [0.05, 0.1) is 0 Å². The molecule has 0 saturated carbocycles. The molecule has 3 heteroatoms. The molecule has 1 rings (SSSR count). The molecule has 0 aliphatic carbocycles. The van der Waals surface area contributed by atoms with Gasteiger partial charge in [-0.2, -0.15) is 0 Å². The predicted octanol–water partition coefficient (Wildman–Crippen LogP) is 1.91. The van der Waals surface area contributed by atoms with Gasteiger partial charge in [-0.05, 0) is 43.8 Å². The molecule has 0 amide bonds. The lowest BCUT2D eigenvalue weighted by Crippen LogP contribution is -2.21. The van der Waals surface area contributed by atoms with Crippen molar-refractivity contribution in [3.05, 3.63) is 35.6 Å². The number of nitrogens with one attached hydrogen (secondary N) is 2. The average molecular weight is 210 g/mol. The van der Waals surface area contributed by atoms with Crippen molar-refractivity contribution in [2.45, 2.75) is 19.9 Å². The second-order valence-electron chi connectivity index (χ2n) is 3.51. The summed E-state index contributed by atoms with van der Waals surface area (Å²) in [5.74, 6) is -0.175. The molecule has 0 fully saturated rings. The minimum atomic E-state index is -0.175. The molecule has 0 spiro atoms. The topological polar surface area (TPSA) is 24.1 Å². The molecule has 84 valence electrons. The van der Waals surface area contributed by atoms with E-state index in [1.165, 1.54) is 12.1 Å². The van der Waals surface area contributed by atoms with E-state index >= 15 is 0 Å². The van der Waals surface area contributed by atoms with Crippen LogP contribution in [-0.2, 0) is 6.54 Å². The van der Waals surface area contributed by atoms with Crippen molar-refractivity contribution in [2.75, 3.05) is 19.6 Å². The van der Waals surface area contributed by atoms with Gasteiger partial charge < -0.3 is 10.6 Å². The summed E-state index contributed by atoms with van der Waals surface area (Å²) >= 11 is 0. The number of benzene rings is 1. The van der Waals surface area contributed by atoms with Crippen LogP contribution in [0, 0.1) is 5.82 Å². The van der Waals surface area contributed by atoms with Crippen LogP contribution in [0.5, 0.6) is 0 Å². The van der Waals surface area contributed by atoms with E-state index in [4.69, 9.17) is 0 Å². The first-order valence-electron chi connectivity index (χ1n) is 5.49. The Morgan fingerprint density at radius 2 is 1.73 bits per heavy atom. The molecule has 0 radical (unpaired) electrons. The van der Waals surface area contributed by atoms with E-state index in [1.807, 2.05) is 12.1 Å². The maximum absolute atomic E-state index is 12.6. The van der Waals surface area contributed by atoms with E-state index in [-0.39, 0.29) is 5.82 Å². The zero-order valence-electron chi connectivity index (χ0n) is 9.22. The van der Waals surface area contributed by atoms with Crippen molar-refractivity contribution < 1.29 is 4.39 Å². The lowest BCUT2D eigenvalue weighted by Gasteiger charge is -2.05. The standard InChI is InChI=1S/C12H19FN2/c1-2-14-8-3-9-15-10-11-4-6-12(13)7-5-11/h4-7,14-15H,2-3,8-10H2,1H3. The first-order chi connectivity index (χ1) is 7.33. The third-order valence-corrected chi connectivity index (χ3v) is 2.20. The molecule has 0 atom stereocenters. The Kier molecular flexibility index (Phi) is 5.97. The molecule has 0 aromatic heterocycles. The second kappa shape index (κ2) is 7.37. The Hall–Kier alpha value is -0.930. The van der Waals surface area contributed by atoms with Crippen molar-refractivity contribution in [3.8, 4) is 0 Å². The van der Waals surface area contributed by atoms with Crippen LogP contribution in [0.2, 0.25) is 0 Å². The van der Waals surface area contributed by atoms with Crippen LogP contribution in [0.3, 0.4) is 0 Å². The Morgan fingerprint density at radius 3 is 2.40 bits per heavy atom. The molecule has 0 aliphatic heterocycles. The summed E-state index contributed by atoms with van der Waals surface area (Å²) in [6.07, 6.45) is 1.12. The number of hydrogen-bond donors (Lipinski definition) is 2. The van der Waals surface area contributed by atoms with Gasteiger partial charge in [-0.1, -0.05) is 19.1 Å². The van der Waals surface area contributed by atoms with E-state index in [0.717, 1.165) is 38.2 Å². The number of hydrogen-bond acceptors (Lipinski definition) is 2. The SMILES string of the molecule is CCNCCCNCc1ccc(F)cc1. The van der Waals surface area contributed by atoms with Gasteiger partial charge in [0.25, 0.3) is 0 Å². The quantitative estimate of drug-likeness (QED) is 0.672. The van der Waals surface area contributed by atoms with Crippen LogP contribution in [0.1, 0.15) is 18.9 Å². The van der Waals surface area contributed by atoms with Gasteiger partial charge in [-0.15, -0.1) is 0 Å². The van der Waals surface area contributed by atoms with Crippen LogP contribution in [0.25, 0.3) is 0 Å². The largest absolute Gasteiger partial charge is 0.317 e. The molecule has 2 N–H and O–H groups in total. The Balaban J connectivity index is 2.07. The summed E-state index contributed by atoms with van der Waals surface area (Å²) in [6, 6.07) is 6.62. The molecule has 1 aromatic rings. The highest BCUT2D eigenvalue weighted by Gasteiger charge is 1.93. The summed E-state index contributed by atoms with van der Waals surface area (Å²) in [7, 11) is 0. The van der Waals surface area contributed by atoms with Crippen molar-refractivity contribution in [3.63, 3.8) is 0 Å². The second-order valence-corrected chi connectivity index (χ2v) is 3.51. The highest BCUT2D eigenvalue weighted by atomic mass is 19.1. The molecular formula is C12H19FN2. The van der Waals surface area contributed by atoms with Gasteiger partial charge in [0, 0.05) is 6.54 Å². The van der Waals surface area contributed by atoms with Crippen LogP contribution in [0.15, 0.2) is 24.3 Å². The fraction of sp³-hybridized carbons (Fsp3) is 0.500. The third-order valence-electron chi connectivity index (χ3n) is 2.20.